The molecule has 0 spiro atoms. The topological polar surface area (TPSA) is 0 Å². The van der Waals surface area contributed by atoms with Crippen LogP contribution >= 0.6 is 10.1 Å². The number of hydrogen-bond donors (Lipinski definition) is 0. The Morgan fingerprint density at radius 3 is 1.25 bits per heavy atom. The third kappa shape index (κ3) is 9.32. The van der Waals surface area contributed by atoms with Crippen molar-refractivity contribution in [1.29, 1.82) is 0 Å². The monoisotopic (exact) mass is 327 g/mol. The van der Waals surface area contributed by atoms with E-state index >= 15 is 0 Å². The Bertz CT molecular complexity index is 8.00. The molecule has 0 amide bonds. The molecule has 0 saturated heterocycles. The Kier molecular flexibility index (Phi) is 61.8. The van der Waals surface area contributed by atoms with Gasteiger partial charge < -0.3 is 0 Å². The van der Waals surface area contributed by atoms with Crippen molar-refractivity contribution in [2.24, 2.45) is 0 Å². The Morgan fingerprint density at radius 1 is 1.25 bits per heavy atom. The molecule has 5 radical (unpaired) electrons. The molecule has 0 bridgehead atoms. The van der Waals surface area contributed by atoms with Gasteiger partial charge in [-0.05, 0) is 0 Å². The van der Waals surface area contributed by atoms with Crippen molar-refractivity contribution in [3.8, 4) is 0 Å². The molecule has 0 aliphatic heterocycles. The molecule has 0 aromatic rings. The molecule has 13 valence electrons. The van der Waals surface area contributed by atoms with E-state index in [4.69, 9.17) is 0 Å². The first-order chi connectivity index (χ1) is 1.00. The summed E-state index contributed by atoms with van der Waals surface area (Å²) in [6, 6.07) is 0. The van der Waals surface area contributed by atoms with Crippen LogP contribution in [0.15, 0.2) is 0 Å². The quantitative estimate of drug-likeness (QED) is 0.541. The van der Waals surface area contributed by atoms with Crippen LogP contribution in [0.5, 0.6) is 0 Å². The molecule has 0 heterocycles. The molecule has 0 atom stereocenters. The SMILES string of the molecule is [Ba].[S]=[Ga].[Sr]. The van der Waals surface area contributed by atoms with E-state index in [1.807, 2.05) is 0 Å². The van der Waals surface area contributed by atoms with Crippen molar-refractivity contribution in [3.05, 3.63) is 0 Å². The molecule has 4 heteroatoms. The van der Waals surface area contributed by atoms with Gasteiger partial charge in [-0.15, -0.1) is 0 Å². The van der Waals surface area contributed by atoms with Crippen molar-refractivity contribution < 1.29 is 0 Å². The molecular formula is BaGaSSr. The van der Waals surface area contributed by atoms with Crippen LogP contribution in [-0.4, -0.2) is 111 Å². The van der Waals surface area contributed by atoms with Gasteiger partial charge >= 0.3 is 26.9 Å². The molecule has 0 aliphatic carbocycles. The van der Waals surface area contributed by atoms with Gasteiger partial charge in [0, 0.05) is 94.4 Å². The first-order valence-corrected chi connectivity index (χ1v) is 3.67. The molecule has 0 aromatic carbocycles. The summed E-state index contributed by atoms with van der Waals surface area (Å²) in [5.41, 5.74) is 0. The molecular weight excluding hydrogens is 327 g/mol. The zero-order valence-corrected chi connectivity index (χ0v) is 13.6. The minimum atomic E-state index is 0. The second-order valence-corrected chi connectivity index (χ2v) is 0. The van der Waals surface area contributed by atoms with Gasteiger partial charge in [0.05, 0.1) is 0 Å². The third-order valence-corrected chi connectivity index (χ3v) is 0. The first kappa shape index (κ1) is 15.7. The summed E-state index contributed by atoms with van der Waals surface area (Å²) in [6.07, 6.45) is 0. The average molecular weight is 327 g/mol. The predicted molar refractivity (Wildman–Crippen MR) is 24.9 cm³/mol. The fourth-order valence-corrected chi connectivity index (χ4v) is 0. The van der Waals surface area contributed by atoms with Gasteiger partial charge in [0.2, 0.25) is 0 Å². The van der Waals surface area contributed by atoms with E-state index in [1.165, 1.54) is 16.8 Å². The fraction of sp³-hybridized carbons (Fsp3) is 0. The van der Waals surface area contributed by atoms with Crippen molar-refractivity contribution in [2.45, 2.75) is 0 Å². The predicted octanol–water partition coefficient (Wildman–Crippen LogP) is -0.494. The molecule has 0 rings (SSSR count). The van der Waals surface area contributed by atoms with E-state index in [0.717, 1.165) is 0 Å². The summed E-state index contributed by atoms with van der Waals surface area (Å²) in [5, 5.41) is 0. The molecule has 0 saturated carbocycles. The Morgan fingerprint density at radius 2 is 1.25 bits per heavy atom. The van der Waals surface area contributed by atoms with Crippen LogP contribution in [-0.2, 0) is 0 Å². The van der Waals surface area contributed by atoms with Crippen molar-refractivity contribution in [1.82, 2.24) is 0 Å². The zero-order chi connectivity index (χ0) is 2.00. The summed E-state index contributed by atoms with van der Waals surface area (Å²) in [6.45, 7) is 0. The smallest absolute Gasteiger partial charge is 0 e. The van der Waals surface area contributed by atoms with Crippen LogP contribution in [0.25, 0.3) is 0 Å². The summed E-state index contributed by atoms with van der Waals surface area (Å²) >= 11 is 1.27. The first-order valence-electron chi connectivity index (χ1n) is 0.236. The average Bonchev–Trinajstić information content (AvgIpc) is 1.00. The van der Waals surface area contributed by atoms with E-state index in [-0.39, 0.29) is 94.4 Å². The van der Waals surface area contributed by atoms with Gasteiger partial charge in [-0.2, -0.15) is 0 Å². The van der Waals surface area contributed by atoms with Gasteiger partial charge in [0.15, 0.2) is 0 Å². The molecule has 0 nitrogen and oxygen atoms in total. The Labute approximate surface area is 117 Å². The van der Waals surface area contributed by atoms with Crippen LogP contribution in [0.2, 0.25) is 0 Å². The summed E-state index contributed by atoms with van der Waals surface area (Å²) in [5.74, 6) is 0. The minimum Gasteiger partial charge on any atom is 0 e. The molecule has 4 heavy (non-hydrogen) atoms. The van der Waals surface area contributed by atoms with Crippen molar-refractivity contribution in [2.75, 3.05) is 0 Å². The fourth-order valence-electron chi connectivity index (χ4n) is 0. The van der Waals surface area contributed by atoms with E-state index in [9.17, 15) is 0 Å². The van der Waals surface area contributed by atoms with Gasteiger partial charge in [-0.1, -0.05) is 0 Å². The molecule has 0 N–H and O–H groups in total. The van der Waals surface area contributed by atoms with Crippen LogP contribution < -0.4 is 0 Å². The number of rotatable bonds is 0. The number of hydrogen-bond acceptors (Lipinski definition) is 1. The van der Waals surface area contributed by atoms with Gasteiger partial charge in [0.1, 0.15) is 0 Å². The molecule has 0 aromatic heterocycles. The second kappa shape index (κ2) is 15.8. The molecule has 0 fully saturated rings. The molecule has 0 unspecified atom stereocenters. The zero-order valence-electron chi connectivity index (χ0n) is 2.40. The third-order valence-electron chi connectivity index (χ3n) is 0. The largest absolute Gasteiger partial charge is 0 e. The van der Waals surface area contributed by atoms with Crippen LogP contribution in [0.3, 0.4) is 0 Å². The van der Waals surface area contributed by atoms with Crippen LogP contribution in [0.1, 0.15) is 0 Å². The van der Waals surface area contributed by atoms with Crippen molar-refractivity contribution >= 4 is 121 Å². The van der Waals surface area contributed by atoms with Gasteiger partial charge in [-0.25, -0.2) is 0 Å². The van der Waals surface area contributed by atoms with E-state index in [1.54, 1.807) is 0 Å². The maximum Gasteiger partial charge on any atom is 0 e. The normalized spacial score (nSPS) is 0.750. The van der Waals surface area contributed by atoms with Crippen LogP contribution in [0, 0.1) is 0 Å². The molecule has 0 aliphatic rings. The van der Waals surface area contributed by atoms with E-state index in [0.29, 0.717) is 0 Å². The minimum absolute atomic E-state index is 0. The summed E-state index contributed by atoms with van der Waals surface area (Å²) in [4.78, 5) is 0. The summed E-state index contributed by atoms with van der Waals surface area (Å²) < 4.78 is 0. The van der Waals surface area contributed by atoms with Crippen molar-refractivity contribution in [3.63, 3.8) is 0 Å². The maximum atomic E-state index is 4.15. The summed E-state index contributed by atoms with van der Waals surface area (Å²) in [7, 11) is 4.15. The second-order valence-electron chi connectivity index (χ2n) is 0. The Hall–Kier alpha value is 3.91. The van der Waals surface area contributed by atoms with E-state index in [2.05, 4.69) is 10.1 Å². The van der Waals surface area contributed by atoms with Gasteiger partial charge in [0.25, 0.3) is 0 Å². The standard InChI is InChI=1S/Ba.Ga.S.Sr. The Balaban J connectivity index is -0.00000000500. The maximum absolute atomic E-state index is 4.15. The van der Waals surface area contributed by atoms with Crippen LogP contribution in [0.4, 0.5) is 0 Å². The van der Waals surface area contributed by atoms with Gasteiger partial charge in [-0.3, -0.25) is 0 Å². The van der Waals surface area contributed by atoms with E-state index < -0.39 is 0 Å².